The van der Waals surface area contributed by atoms with Crippen molar-refractivity contribution < 1.29 is 9.63 Å². The molecule has 0 unspecified atom stereocenters. The lowest BCUT2D eigenvalue weighted by molar-refractivity contribution is -0.120. The largest absolute Gasteiger partial charge is 0.386 e. The van der Waals surface area contributed by atoms with E-state index in [1.807, 2.05) is 43.3 Å². The smallest absolute Gasteiger partial charge is 0.265 e. The third kappa shape index (κ3) is 5.28. The maximum absolute atomic E-state index is 11.7. The maximum Gasteiger partial charge on any atom is 0.265 e. The lowest BCUT2D eigenvalue weighted by Gasteiger charge is -2.04. The fourth-order valence-corrected chi connectivity index (χ4v) is 1.79. The van der Waals surface area contributed by atoms with Crippen molar-refractivity contribution in [2.45, 2.75) is 6.92 Å². The average molecular weight is 303 g/mol. The van der Waals surface area contributed by atoms with Crippen LogP contribution in [0.5, 0.6) is 0 Å². The van der Waals surface area contributed by atoms with Crippen molar-refractivity contribution in [3.05, 3.63) is 64.7 Å². The standard InChI is InChI=1S/C16H15ClN2O2/c1-12-3-2-4-15(9-12)19-16(20)11-21-18-10-13-5-7-14(17)8-6-13/h2-10H,11H2,1H3,(H,19,20)/b18-10+. The second-order valence-electron chi connectivity index (χ2n) is 4.48. The molecule has 0 atom stereocenters. The summed E-state index contributed by atoms with van der Waals surface area (Å²) in [5, 5.41) is 7.13. The average Bonchev–Trinajstić information content (AvgIpc) is 2.45. The van der Waals surface area contributed by atoms with E-state index in [-0.39, 0.29) is 12.5 Å². The van der Waals surface area contributed by atoms with Gasteiger partial charge >= 0.3 is 0 Å². The maximum atomic E-state index is 11.7. The summed E-state index contributed by atoms with van der Waals surface area (Å²) in [6, 6.07) is 14.7. The van der Waals surface area contributed by atoms with Crippen LogP contribution < -0.4 is 5.32 Å². The zero-order valence-corrected chi connectivity index (χ0v) is 12.3. The Bertz CT molecular complexity index is 639. The quantitative estimate of drug-likeness (QED) is 0.677. The third-order valence-electron chi connectivity index (χ3n) is 2.64. The second-order valence-corrected chi connectivity index (χ2v) is 4.91. The Balaban J connectivity index is 1.78. The van der Waals surface area contributed by atoms with Crippen LogP contribution in [0.2, 0.25) is 5.02 Å². The molecule has 0 saturated heterocycles. The Labute approximate surface area is 128 Å². The number of benzene rings is 2. The Morgan fingerprint density at radius 3 is 2.76 bits per heavy atom. The number of oxime groups is 1. The van der Waals surface area contributed by atoms with Crippen molar-refractivity contribution in [1.82, 2.24) is 0 Å². The number of rotatable bonds is 5. The van der Waals surface area contributed by atoms with Gasteiger partial charge in [0.25, 0.3) is 5.91 Å². The highest BCUT2D eigenvalue weighted by atomic mass is 35.5. The summed E-state index contributed by atoms with van der Waals surface area (Å²) in [6.45, 7) is 1.82. The minimum atomic E-state index is -0.256. The molecule has 1 amide bonds. The first-order valence-corrected chi connectivity index (χ1v) is 6.79. The van der Waals surface area contributed by atoms with Gasteiger partial charge in [0.1, 0.15) is 0 Å². The van der Waals surface area contributed by atoms with Gasteiger partial charge in [-0.05, 0) is 42.3 Å². The normalized spacial score (nSPS) is 10.6. The van der Waals surface area contributed by atoms with E-state index in [0.717, 1.165) is 16.8 Å². The molecule has 2 rings (SSSR count). The Morgan fingerprint density at radius 2 is 2.05 bits per heavy atom. The summed E-state index contributed by atoms with van der Waals surface area (Å²) in [6.07, 6.45) is 1.52. The van der Waals surface area contributed by atoms with Crippen LogP contribution in [-0.4, -0.2) is 18.7 Å². The number of anilines is 1. The highest BCUT2D eigenvalue weighted by Gasteiger charge is 2.02. The minimum Gasteiger partial charge on any atom is -0.386 e. The first-order valence-electron chi connectivity index (χ1n) is 6.41. The zero-order valence-electron chi connectivity index (χ0n) is 11.5. The van der Waals surface area contributed by atoms with Gasteiger partial charge in [-0.2, -0.15) is 0 Å². The zero-order chi connectivity index (χ0) is 15.1. The van der Waals surface area contributed by atoms with Gasteiger partial charge in [0.2, 0.25) is 0 Å². The summed E-state index contributed by atoms with van der Waals surface area (Å²) in [5.74, 6) is -0.256. The lowest BCUT2D eigenvalue weighted by Crippen LogP contribution is -2.16. The molecule has 5 heteroatoms. The molecule has 0 fully saturated rings. The van der Waals surface area contributed by atoms with Crippen LogP contribution in [0.25, 0.3) is 0 Å². The molecule has 0 radical (unpaired) electrons. The van der Waals surface area contributed by atoms with E-state index >= 15 is 0 Å². The second kappa shape index (κ2) is 7.45. The van der Waals surface area contributed by atoms with E-state index in [2.05, 4.69) is 10.5 Å². The van der Waals surface area contributed by atoms with E-state index in [1.165, 1.54) is 6.21 Å². The topological polar surface area (TPSA) is 50.7 Å². The first-order chi connectivity index (χ1) is 10.1. The highest BCUT2D eigenvalue weighted by molar-refractivity contribution is 6.30. The van der Waals surface area contributed by atoms with E-state index in [4.69, 9.17) is 16.4 Å². The molecule has 0 spiro atoms. The number of hydrogen-bond donors (Lipinski definition) is 1. The van der Waals surface area contributed by atoms with Gasteiger partial charge in [0.15, 0.2) is 6.61 Å². The molecule has 21 heavy (non-hydrogen) atoms. The number of aryl methyl sites for hydroxylation is 1. The number of carbonyl (C=O) groups is 1. The van der Waals surface area contributed by atoms with Crippen LogP contribution in [0.4, 0.5) is 5.69 Å². The van der Waals surface area contributed by atoms with Crippen LogP contribution in [0.1, 0.15) is 11.1 Å². The minimum absolute atomic E-state index is 0.141. The van der Waals surface area contributed by atoms with E-state index in [0.29, 0.717) is 5.02 Å². The van der Waals surface area contributed by atoms with Crippen molar-refractivity contribution in [2.24, 2.45) is 5.16 Å². The predicted octanol–water partition coefficient (Wildman–Crippen LogP) is 3.64. The molecule has 4 nitrogen and oxygen atoms in total. The molecule has 0 aliphatic carbocycles. The summed E-state index contributed by atoms with van der Waals surface area (Å²) >= 11 is 5.77. The van der Waals surface area contributed by atoms with Crippen molar-refractivity contribution in [2.75, 3.05) is 11.9 Å². The predicted molar refractivity (Wildman–Crippen MR) is 84.8 cm³/mol. The highest BCUT2D eigenvalue weighted by Crippen LogP contribution is 2.09. The molecule has 2 aromatic rings. The Hall–Kier alpha value is -2.33. The molecule has 1 N–H and O–H groups in total. The Kier molecular flexibility index (Phi) is 5.35. The van der Waals surface area contributed by atoms with Crippen molar-refractivity contribution >= 4 is 29.4 Å². The van der Waals surface area contributed by atoms with Crippen LogP contribution >= 0.6 is 11.6 Å². The van der Waals surface area contributed by atoms with Gasteiger partial charge < -0.3 is 10.2 Å². The molecular weight excluding hydrogens is 288 g/mol. The number of carbonyl (C=O) groups excluding carboxylic acids is 1. The van der Waals surface area contributed by atoms with Gasteiger partial charge in [0.05, 0.1) is 6.21 Å². The molecule has 108 valence electrons. The molecule has 0 bridgehead atoms. The molecule has 0 heterocycles. The molecule has 0 aromatic heterocycles. The summed E-state index contributed by atoms with van der Waals surface area (Å²) in [5.41, 5.74) is 2.67. The van der Waals surface area contributed by atoms with Gasteiger partial charge in [-0.15, -0.1) is 0 Å². The van der Waals surface area contributed by atoms with Crippen molar-refractivity contribution in [1.29, 1.82) is 0 Å². The molecule has 2 aromatic carbocycles. The van der Waals surface area contributed by atoms with Crippen molar-refractivity contribution in [3.63, 3.8) is 0 Å². The fourth-order valence-electron chi connectivity index (χ4n) is 1.66. The number of amides is 1. The Morgan fingerprint density at radius 1 is 1.29 bits per heavy atom. The molecule has 0 aliphatic rings. The molecular formula is C16H15ClN2O2. The fraction of sp³-hybridized carbons (Fsp3) is 0.125. The SMILES string of the molecule is Cc1cccc(NC(=O)CO/N=C/c2ccc(Cl)cc2)c1. The molecule has 0 aliphatic heterocycles. The van der Waals surface area contributed by atoms with Gasteiger partial charge in [-0.1, -0.05) is 41.0 Å². The molecule has 0 saturated carbocycles. The van der Waals surface area contributed by atoms with E-state index < -0.39 is 0 Å². The van der Waals surface area contributed by atoms with Crippen LogP contribution in [-0.2, 0) is 9.63 Å². The lowest BCUT2D eigenvalue weighted by atomic mass is 10.2. The van der Waals surface area contributed by atoms with E-state index in [9.17, 15) is 4.79 Å². The summed E-state index contributed by atoms with van der Waals surface area (Å²) in [4.78, 5) is 16.6. The number of halogens is 1. The van der Waals surface area contributed by atoms with Crippen LogP contribution in [0, 0.1) is 6.92 Å². The van der Waals surface area contributed by atoms with Gasteiger partial charge in [-0.3, -0.25) is 4.79 Å². The van der Waals surface area contributed by atoms with Gasteiger partial charge in [-0.25, -0.2) is 0 Å². The summed E-state index contributed by atoms with van der Waals surface area (Å²) < 4.78 is 0. The first kappa shape index (κ1) is 15.1. The van der Waals surface area contributed by atoms with Crippen LogP contribution in [0.3, 0.4) is 0 Å². The van der Waals surface area contributed by atoms with Crippen LogP contribution in [0.15, 0.2) is 53.7 Å². The number of nitrogens with one attached hydrogen (secondary N) is 1. The monoisotopic (exact) mass is 302 g/mol. The summed E-state index contributed by atoms with van der Waals surface area (Å²) in [7, 11) is 0. The van der Waals surface area contributed by atoms with Gasteiger partial charge in [0, 0.05) is 10.7 Å². The van der Waals surface area contributed by atoms with Crippen molar-refractivity contribution in [3.8, 4) is 0 Å². The number of hydrogen-bond acceptors (Lipinski definition) is 3. The third-order valence-corrected chi connectivity index (χ3v) is 2.90. The van der Waals surface area contributed by atoms with E-state index in [1.54, 1.807) is 12.1 Å². The number of nitrogens with zero attached hydrogens (tertiary/aromatic N) is 1.